The molecule has 2 aromatic rings. The fourth-order valence-corrected chi connectivity index (χ4v) is 2.02. The van der Waals surface area contributed by atoms with Crippen molar-refractivity contribution in [1.82, 2.24) is 4.98 Å². The van der Waals surface area contributed by atoms with Crippen LogP contribution in [0, 0.1) is 17.0 Å². The molecule has 23 heavy (non-hydrogen) atoms. The Hall–Kier alpha value is -2.64. The summed E-state index contributed by atoms with van der Waals surface area (Å²) >= 11 is 0. The maximum absolute atomic E-state index is 13.0. The van der Waals surface area contributed by atoms with E-state index in [9.17, 15) is 23.3 Å². The van der Waals surface area contributed by atoms with Gasteiger partial charge in [0, 0.05) is 36.3 Å². The minimum Gasteiger partial charge on any atom is -0.384 e. The number of non-ortho nitro benzene ring substituents is 1. The SMILES string of the molecule is Cc1ccc(CCNc2ccc([N+](=O)[O-])cc2C(F)(F)F)cn1. The number of aromatic nitrogens is 1. The van der Waals surface area contributed by atoms with Gasteiger partial charge >= 0.3 is 6.18 Å². The van der Waals surface area contributed by atoms with E-state index < -0.39 is 22.4 Å². The highest BCUT2D eigenvalue weighted by Crippen LogP contribution is 2.37. The summed E-state index contributed by atoms with van der Waals surface area (Å²) < 4.78 is 39.0. The molecule has 0 saturated carbocycles. The predicted molar refractivity (Wildman–Crippen MR) is 79.3 cm³/mol. The van der Waals surface area contributed by atoms with Crippen LogP contribution in [0.15, 0.2) is 36.5 Å². The van der Waals surface area contributed by atoms with E-state index >= 15 is 0 Å². The van der Waals surface area contributed by atoms with Crippen LogP contribution >= 0.6 is 0 Å². The number of aryl methyl sites for hydroxylation is 1. The van der Waals surface area contributed by atoms with Gasteiger partial charge in [0.05, 0.1) is 10.5 Å². The van der Waals surface area contributed by atoms with Crippen LogP contribution in [-0.2, 0) is 12.6 Å². The van der Waals surface area contributed by atoms with Gasteiger partial charge in [0.1, 0.15) is 0 Å². The molecule has 1 aromatic carbocycles. The molecule has 0 fully saturated rings. The molecule has 1 aromatic heterocycles. The van der Waals surface area contributed by atoms with Gasteiger partial charge in [0.25, 0.3) is 5.69 Å². The second kappa shape index (κ2) is 6.64. The minimum absolute atomic E-state index is 0.178. The quantitative estimate of drug-likeness (QED) is 0.667. The van der Waals surface area contributed by atoms with Crippen molar-refractivity contribution in [3.05, 3.63) is 63.5 Å². The monoisotopic (exact) mass is 325 g/mol. The number of anilines is 1. The summed E-state index contributed by atoms with van der Waals surface area (Å²) in [6, 6.07) is 6.34. The summed E-state index contributed by atoms with van der Waals surface area (Å²) in [6.45, 7) is 2.10. The number of alkyl halides is 3. The topological polar surface area (TPSA) is 68.1 Å². The van der Waals surface area contributed by atoms with E-state index in [1.165, 1.54) is 0 Å². The molecule has 5 nitrogen and oxygen atoms in total. The van der Waals surface area contributed by atoms with Crippen LogP contribution in [0.25, 0.3) is 0 Å². The molecule has 0 radical (unpaired) electrons. The third kappa shape index (κ3) is 4.41. The molecule has 0 spiro atoms. The van der Waals surface area contributed by atoms with E-state index in [2.05, 4.69) is 10.3 Å². The lowest BCUT2D eigenvalue weighted by Crippen LogP contribution is -2.13. The summed E-state index contributed by atoms with van der Waals surface area (Å²) in [6.07, 6.45) is -2.52. The number of rotatable bonds is 5. The van der Waals surface area contributed by atoms with Crippen molar-refractivity contribution in [1.29, 1.82) is 0 Å². The fraction of sp³-hybridized carbons (Fsp3) is 0.267. The molecule has 0 unspecified atom stereocenters. The molecule has 2 rings (SSSR count). The molecule has 0 aliphatic heterocycles. The van der Waals surface area contributed by atoms with E-state index in [1.807, 2.05) is 19.1 Å². The lowest BCUT2D eigenvalue weighted by atomic mass is 10.1. The molecule has 0 amide bonds. The highest BCUT2D eigenvalue weighted by atomic mass is 19.4. The van der Waals surface area contributed by atoms with Crippen molar-refractivity contribution in [2.45, 2.75) is 19.5 Å². The number of nitro benzene ring substituents is 1. The van der Waals surface area contributed by atoms with E-state index in [1.54, 1.807) is 6.20 Å². The second-order valence-corrected chi connectivity index (χ2v) is 4.97. The lowest BCUT2D eigenvalue weighted by Gasteiger charge is -2.14. The van der Waals surface area contributed by atoms with Crippen molar-refractivity contribution in [2.24, 2.45) is 0 Å². The number of halogens is 3. The summed E-state index contributed by atoms with van der Waals surface area (Å²) in [5.74, 6) is 0. The first-order valence-electron chi connectivity index (χ1n) is 6.78. The second-order valence-electron chi connectivity index (χ2n) is 4.97. The van der Waals surface area contributed by atoms with Gasteiger partial charge in [0.15, 0.2) is 0 Å². The van der Waals surface area contributed by atoms with Gasteiger partial charge in [-0.2, -0.15) is 13.2 Å². The third-order valence-electron chi connectivity index (χ3n) is 3.22. The molecule has 0 bridgehead atoms. The highest BCUT2D eigenvalue weighted by molar-refractivity contribution is 5.57. The van der Waals surface area contributed by atoms with Crippen LogP contribution in [-0.4, -0.2) is 16.5 Å². The van der Waals surface area contributed by atoms with Gasteiger partial charge in [-0.15, -0.1) is 0 Å². The van der Waals surface area contributed by atoms with Crippen molar-refractivity contribution < 1.29 is 18.1 Å². The Kier molecular flexibility index (Phi) is 4.83. The van der Waals surface area contributed by atoms with Crippen molar-refractivity contribution in [3.63, 3.8) is 0 Å². The molecule has 8 heteroatoms. The number of hydrogen-bond donors (Lipinski definition) is 1. The normalized spacial score (nSPS) is 11.3. The van der Waals surface area contributed by atoms with Gasteiger partial charge in [0.2, 0.25) is 0 Å². The largest absolute Gasteiger partial charge is 0.418 e. The molecule has 0 aliphatic rings. The number of pyridine rings is 1. The molecule has 1 N–H and O–H groups in total. The number of hydrogen-bond acceptors (Lipinski definition) is 4. The summed E-state index contributed by atoms with van der Waals surface area (Å²) in [5, 5.41) is 13.3. The number of benzene rings is 1. The van der Waals surface area contributed by atoms with Crippen LogP contribution in [0.2, 0.25) is 0 Å². The number of nitro groups is 1. The van der Waals surface area contributed by atoms with Crippen LogP contribution in [0.5, 0.6) is 0 Å². The van der Waals surface area contributed by atoms with Crippen LogP contribution < -0.4 is 5.32 Å². The van der Waals surface area contributed by atoms with E-state index in [0.717, 1.165) is 23.4 Å². The van der Waals surface area contributed by atoms with Gasteiger partial charge in [-0.25, -0.2) is 0 Å². The maximum Gasteiger partial charge on any atom is 0.418 e. The first kappa shape index (κ1) is 16.7. The van der Waals surface area contributed by atoms with Crippen LogP contribution in [0.4, 0.5) is 24.5 Å². The predicted octanol–water partition coefficient (Wildman–Crippen LogP) is 3.97. The fourth-order valence-electron chi connectivity index (χ4n) is 2.02. The maximum atomic E-state index is 13.0. The summed E-state index contributed by atoms with van der Waals surface area (Å²) in [5.41, 5.74) is -0.0717. The Bertz CT molecular complexity index is 700. The Balaban J connectivity index is 2.12. The molecule has 0 aliphatic carbocycles. The smallest absolute Gasteiger partial charge is 0.384 e. The van der Waals surface area contributed by atoms with E-state index in [4.69, 9.17) is 0 Å². The molecule has 0 saturated heterocycles. The van der Waals surface area contributed by atoms with Crippen LogP contribution in [0.3, 0.4) is 0 Å². The minimum atomic E-state index is -4.67. The van der Waals surface area contributed by atoms with Gasteiger partial charge < -0.3 is 5.32 Å². The van der Waals surface area contributed by atoms with Crippen molar-refractivity contribution >= 4 is 11.4 Å². The zero-order chi connectivity index (χ0) is 17.0. The Morgan fingerprint density at radius 2 is 2.00 bits per heavy atom. The molecule has 1 heterocycles. The molecule has 0 atom stereocenters. The molecular weight excluding hydrogens is 311 g/mol. The summed E-state index contributed by atoms with van der Waals surface area (Å²) in [4.78, 5) is 13.9. The van der Waals surface area contributed by atoms with Crippen molar-refractivity contribution in [3.8, 4) is 0 Å². The van der Waals surface area contributed by atoms with Gasteiger partial charge in [-0.1, -0.05) is 6.07 Å². The third-order valence-corrected chi connectivity index (χ3v) is 3.22. The number of nitrogens with one attached hydrogen (secondary N) is 1. The van der Waals surface area contributed by atoms with Crippen molar-refractivity contribution in [2.75, 3.05) is 11.9 Å². The average molecular weight is 325 g/mol. The summed E-state index contributed by atoms with van der Waals surface area (Å²) in [7, 11) is 0. The Morgan fingerprint density at radius 1 is 1.26 bits per heavy atom. The molecular formula is C15H14F3N3O2. The van der Waals surface area contributed by atoms with Crippen LogP contribution in [0.1, 0.15) is 16.8 Å². The van der Waals surface area contributed by atoms with Gasteiger partial charge in [-0.05, 0) is 31.0 Å². The standard InChI is InChI=1S/C15H14F3N3O2/c1-10-2-3-11(9-20-10)6-7-19-14-5-4-12(21(22)23)8-13(14)15(16,17)18/h2-5,8-9,19H,6-7H2,1H3. The Morgan fingerprint density at radius 3 is 2.57 bits per heavy atom. The number of nitrogens with zero attached hydrogens (tertiary/aromatic N) is 2. The highest BCUT2D eigenvalue weighted by Gasteiger charge is 2.35. The zero-order valence-electron chi connectivity index (χ0n) is 12.2. The average Bonchev–Trinajstić information content (AvgIpc) is 2.48. The Labute approximate surface area is 130 Å². The van der Waals surface area contributed by atoms with E-state index in [-0.39, 0.29) is 12.2 Å². The zero-order valence-corrected chi connectivity index (χ0v) is 12.2. The first-order chi connectivity index (χ1) is 10.8. The van der Waals surface area contributed by atoms with E-state index in [0.29, 0.717) is 12.5 Å². The molecule has 122 valence electrons. The first-order valence-corrected chi connectivity index (χ1v) is 6.78. The van der Waals surface area contributed by atoms with Gasteiger partial charge in [-0.3, -0.25) is 15.1 Å². The lowest BCUT2D eigenvalue weighted by molar-refractivity contribution is -0.385.